The summed E-state index contributed by atoms with van der Waals surface area (Å²) < 4.78 is 5.77. The van der Waals surface area contributed by atoms with Crippen molar-refractivity contribution >= 4 is 10.9 Å². The molecule has 3 rings (SSSR count). The molecule has 0 aliphatic heterocycles. The highest BCUT2D eigenvalue weighted by Crippen LogP contribution is 2.25. The molecular formula is C17H16N2O2. The van der Waals surface area contributed by atoms with E-state index in [9.17, 15) is 5.11 Å². The van der Waals surface area contributed by atoms with Gasteiger partial charge in [-0.15, -0.1) is 0 Å². The van der Waals surface area contributed by atoms with Crippen molar-refractivity contribution in [2.75, 3.05) is 0 Å². The Hall–Kier alpha value is -2.46. The Morgan fingerprint density at radius 2 is 1.95 bits per heavy atom. The molecule has 0 aliphatic rings. The number of aliphatic hydroxyl groups is 1. The van der Waals surface area contributed by atoms with E-state index in [4.69, 9.17) is 4.74 Å². The Bertz CT molecular complexity index is 741. The van der Waals surface area contributed by atoms with Crippen LogP contribution in [-0.4, -0.2) is 15.1 Å². The van der Waals surface area contributed by atoms with Crippen molar-refractivity contribution < 1.29 is 9.84 Å². The third-order valence-corrected chi connectivity index (χ3v) is 3.30. The summed E-state index contributed by atoms with van der Waals surface area (Å²) in [5.41, 5.74) is 1.55. The van der Waals surface area contributed by atoms with Crippen LogP contribution in [0.15, 0.2) is 54.9 Å². The number of hydrogen-bond acceptors (Lipinski definition) is 4. The Morgan fingerprint density at radius 1 is 1.10 bits per heavy atom. The summed E-state index contributed by atoms with van der Waals surface area (Å²) in [7, 11) is 0. The molecule has 3 aromatic rings. The third kappa shape index (κ3) is 3.01. The number of nitrogens with zero attached hydrogens (tertiary/aromatic N) is 2. The largest absolute Gasteiger partial charge is 0.456 e. The summed E-state index contributed by atoms with van der Waals surface area (Å²) in [4.78, 5) is 8.52. The maximum atomic E-state index is 9.72. The number of fused-ring (bicyclic) bond motifs is 1. The van der Waals surface area contributed by atoms with Crippen molar-refractivity contribution in [2.45, 2.75) is 19.4 Å². The molecule has 1 unspecified atom stereocenters. The molecule has 1 atom stereocenters. The van der Waals surface area contributed by atoms with Gasteiger partial charge in [-0.25, -0.2) is 0 Å². The summed E-state index contributed by atoms with van der Waals surface area (Å²) in [6.07, 6.45) is 3.50. The number of aromatic nitrogens is 2. The quantitative estimate of drug-likeness (QED) is 0.788. The number of hydrogen-bond donors (Lipinski definition) is 1. The Morgan fingerprint density at radius 3 is 2.71 bits per heavy atom. The van der Waals surface area contributed by atoms with Gasteiger partial charge in [0.2, 0.25) is 0 Å². The van der Waals surface area contributed by atoms with Crippen molar-refractivity contribution in [3.8, 4) is 11.5 Å². The van der Waals surface area contributed by atoms with Crippen LogP contribution >= 0.6 is 0 Å². The minimum absolute atomic E-state index is 0.524. The van der Waals surface area contributed by atoms with Crippen molar-refractivity contribution in [1.29, 1.82) is 0 Å². The Kier molecular flexibility index (Phi) is 3.79. The maximum absolute atomic E-state index is 9.72. The summed E-state index contributed by atoms with van der Waals surface area (Å²) >= 11 is 0. The van der Waals surface area contributed by atoms with E-state index in [1.165, 1.54) is 0 Å². The van der Waals surface area contributed by atoms with Crippen LogP contribution in [0.5, 0.6) is 11.5 Å². The molecule has 4 nitrogen and oxygen atoms in total. The molecule has 4 heteroatoms. The van der Waals surface area contributed by atoms with Crippen molar-refractivity contribution in [3.63, 3.8) is 0 Å². The first-order valence-electron chi connectivity index (χ1n) is 6.93. The van der Waals surface area contributed by atoms with Gasteiger partial charge in [0, 0.05) is 17.6 Å². The normalized spacial score (nSPS) is 12.3. The molecule has 0 bridgehead atoms. The molecule has 2 heterocycles. The highest BCUT2D eigenvalue weighted by Gasteiger charge is 2.06. The average molecular weight is 280 g/mol. The zero-order valence-corrected chi connectivity index (χ0v) is 11.7. The maximum Gasteiger partial charge on any atom is 0.145 e. The number of pyridine rings is 2. The summed E-state index contributed by atoms with van der Waals surface area (Å²) in [6, 6.07) is 13.3. The first-order valence-corrected chi connectivity index (χ1v) is 6.93. The second-order valence-corrected chi connectivity index (χ2v) is 4.80. The van der Waals surface area contributed by atoms with Crippen LogP contribution in [0.2, 0.25) is 0 Å². The second-order valence-electron chi connectivity index (χ2n) is 4.80. The van der Waals surface area contributed by atoms with Gasteiger partial charge >= 0.3 is 0 Å². The predicted molar refractivity (Wildman–Crippen MR) is 81.3 cm³/mol. The van der Waals surface area contributed by atoms with Gasteiger partial charge in [-0.05, 0) is 36.8 Å². The second kappa shape index (κ2) is 5.89. The summed E-state index contributed by atoms with van der Waals surface area (Å²) in [5, 5.41) is 10.8. The van der Waals surface area contributed by atoms with E-state index in [0.717, 1.165) is 10.9 Å². The van der Waals surface area contributed by atoms with Gasteiger partial charge in [0.25, 0.3) is 0 Å². The van der Waals surface area contributed by atoms with Crippen LogP contribution < -0.4 is 4.74 Å². The van der Waals surface area contributed by atoms with Gasteiger partial charge in [-0.1, -0.05) is 13.0 Å². The predicted octanol–water partition coefficient (Wildman–Crippen LogP) is 3.87. The molecule has 0 amide bonds. The molecule has 0 aliphatic carbocycles. The molecular weight excluding hydrogens is 264 g/mol. The van der Waals surface area contributed by atoms with Crippen LogP contribution in [0.1, 0.15) is 25.1 Å². The van der Waals surface area contributed by atoms with Gasteiger partial charge in [-0.3, -0.25) is 9.97 Å². The van der Waals surface area contributed by atoms with Crippen LogP contribution in [0, 0.1) is 0 Å². The molecule has 21 heavy (non-hydrogen) atoms. The van der Waals surface area contributed by atoms with E-state index in [-0.39, 0.29) is 0 Å². The van der Waals surface area contributed by atoms with Crippen LogP contribution in [0.3, 0.4) is 0 Å². The fourth-order valence-corrected chi connectivity index (χ4v) is 2.10. The lowest BCUT2D eigenvalue weighted by molar-refractivity contribution is 0.169. The topological polar surface area (TPSA) is 55.2 Å². The van der Waals surface area contributed by atoms with E-state index in [1.54, 1.807) is 18.5 Å². The lowest BCUT2D eigenvalue weighted by Gasteiger charge is -2.09. The molecule has 2 aromatic heterocycles. The van der Waals surface area contributed by atoms with Crippen LogP contribution in [0.4, 0.5) is 0 Å². The smallest absolute Gasteiger partial charge is 0.145 e. The zero-order valence-electron chi connectivity index (χ0n) is 11.7. The number of rotatable bonds is 4. The molecule has 1 N–H and O–H groups in total. The van der Waals surface area contributed by atoms with Crippen LogP contribution in [-0.2, 0) is 0 Å². The molecule has 1 aromatic carbocycles. The first kappa shape index (κ1) is 13.5. The highest BCUT2D eigenvalue weighted by molar-refractivity contribution is 5.79. The monoisotopic (exact) mass is 280 g/mol. The molecule has 0 radical (unpaired) electrons. The molecule has 0 saturated heterocycles. The lowest BCUT2D eigenvalue weighted by Crippen LogP contribution is -1.98. The van der Waals surface area contributed by atoms with Gasteiger partial charge in [0.1, 0.15) is 11.5 Å². The lowest BCUT2D eigenvalue weighted by atomic mass is 10.2. The van der Waals surface area contributed by atoms with E-state index in [0.29, 0.717) is 23.6 Å². The molecule has 0 saturated carbocycles. The fraction of sp³-hybridized carbons (Fsp3) is 0.176. The molecule has 106 valence electrons. The first-order chi connectivity index (χ1) is 10.3. The average Bonchev–Trinajstić information content (AvgIpc) is 2.55. The van der Waals surface area contributed by atoms with Crippen molar-refractivity contribution in [3.05, 3.63) is 60.6 Å². The van der Waals surface area contributed by atoms with Gasteiger partial charge in [0.15, 0.2) is 0 Å². The van der Waals surface area contributed by atoms with E-state index in [1.807, 2.05) is 43.3 Å². The number of ether oxygens (including phenoxy) is 1. The van der Waals surface area contributed by atoms with Gasteiger partial charge < -0.3 is 9.84 Å². The SMILES string of the molecule is CCC(O)c1ccc(Oc2ccc3cccnc3c2)cn1. The van der Waals surface area contributed by atoms with Crippen molar-refractivity contribution in [1.82, 2.24) is 9.97 Å². The zero-order chi connectivity index (χ0) is 14.7. The highest BCUT2D eigenvalue weighted by atomic mass is 16.5. The van der Waals surface area contributed by atoms with Crippen molar-refractivity contribution in [2.24, 2.45) is 0 Å². The summed E-state index contributed by atoms with van der Waals surface area (Å²) in [5.74, 6) is 1.35. The van der Waals surface area contributed by atoms with E-state index < -0.39 is 6.10 Å². The Labute approximate surface area is 123 Å². The number of aliphatic hydroxyl groups excluding tert-OH is 1. The van der Waals surface area contributed by atoms with Crippen LogP contribution in [0.25, 0.3) is 10.9 Å². The minimum atomic E-state index is -0.524. The summed E-state index contributed by atoms with van der Waals surface area (Å²) in [6.45, 7) is 1.92. The van der Waals surface area contributed by atoms with E-state index >= 15 is 0 Å². The van der Waals surface area contributed by atoms with Gasteiger partial charge in [-0.2, -0.15) is 0 Å². The fourth-order valence-electron chi connectivity index (χ4n) is 2.10. The molecule has 0 fully saturated rings. The molecule has 0 spiro atoms. The standard InChI is InChI=1S/C17H16N2O2/c1-2-17(20)15-8-7-14(11-19-15)21-13-6-5-12-4-3-9-18-16(12)10-13/h3-11,17,20H,2H2,1H3. The minimum Gasteiger partial charge on any atom is -0.456 e. The Balaban J connectivity index is 1.81. The number of benzene rings is 1. The van der Waals surface area contributed by atoms with E-state index in [2.05, 4.69) is 9.97 Å². The third-order valence-electron chi connectivity index (χ3n) is 3.30. The van der Waals surface area contributed by atoms with Gasteiger partial charge in [0.05, 0.1) is 23.5 Å².